The third kappa shape index (κ3) is 7.50. The van der Waals surface area contributed by atoms with E-state index in [4.69, 9.17) is 20.3 Å². The average molecular weight is 443 g/mol. The molecule has 0 aliphatic rings. The zero-order chi connectivity index (χ0) is 22.1. The number of carbonyl (C=O) groups is 2. The molecule has 0 aliphatic carbocycles. The molecule has 0 spiro atoms. The summed E-state index contributed by atoms with van der Waals surface area (Å²) in [4.78, 5) is 22.4. The van der Waals surface area contributed by atoms with Crippen molar-refractivity contribution in [1.82, 2.24) is 0 Å². The molecule has 7 heteroatoms. The van der Waals surface area contributed by atoms with Crippen molar-refractivity contribution in [2.75, 3.05) is 6.61 Å². The summed E-state index contributed by atoms with van der Waals surface area (Å²) in [6, 6.07) is 24.8. The quantitative estimate of drug-likeness (QED) is 0.340. The van der Waals surface area contributed by atoms with Crippen molar-refractivity contribution in [3.8, 4) is 22.6 Å². The zero-order valence-corrected chi connectivity index (χ0v) is 17.1. The second-order valence-electron chi connectivity index (χ2n) is 7.04. The summed E-state index contributed by atoms with van der Waals surface area (Å²) in [7, 11) is 0. The van der Waals surface area contributed by atoms with Crippen LogP contribution in [0, 0.1) is 0 Å². The zero-order valence-electron chi connectivity index (χ0n) is 17.1. The first-order valence-electron chi connectivity index (χ1n) is 10.1. The number of carbonyl (C=O) groups excluding carboxylic acids is 1. The van der Waals surface area contributed by atoms with E-state index in [1.54, 1.807) is 24.3 Å². The van der Waals surface area contributed by atoms with Crippen LogP contribution in [0.4, 0.5) is 0 Å². The van der Waals surface area contributed by atoms with Gasteiger partial charge in [-0.3, -0.25) is 9.59 Å². The number of rotatable bonds is 11. The minimum atomic E-state index is -0.893. The summed E-state index contributed by atoms with van der Waals surface area (Å²) in [6.45, 7) is 0.254. The van der Waals surface area contributed by atoms with Crippen molar-refractivity contribution >= 4 is 41.4 Å². The number of amides is 1. The van der Waals surface area contributed by atoms with Crippen molar-refractivity contribution in [3.05, 3.63) is 84.4 Å². The van der Waals surface area contributed by atoms with Gasteiger partial charge in [0.15, 0.2) is 6.10 Å². The van der Waals surface area contributed by atoms with Crippen molar-refractivity contribution in [2.24, 2.45) is 5.73 Å². The van der Waals surface area contributed by atoms with Crippen LogP contribution in [0.25, 0.3) is 11.1 Å². The van der Waals surface area contributed by atoms with E-state index in [2.05, 4.69) is 0 Å². The van der Waals surface area contributed by atoms with Gasteiger partial charge >= 0.3 is 35.5 Å². The molecule has 0 radical (unpaired) electrons. The summed E-state index contributed by atoms with van der Waals surface area (Å²) in [5.74, 6) is -0.100. The predicted molar refractivity (Wildman–Crippen MR) is 125 cm³/mol. The molecule has 1 unspecified atom stereocenters. The number of carboxylic acids is 1. The first kappa shape index (κ1) is 25.6. The number of unbranched alkanes of at least 4 members (excludes halogenated alkanes) is 1. The number of benzene rings is 3. The molecule has 6 nitrogen and oxygen atoms in total. The van der Waals surface area contributed by atoms with E-state index in [1.807, 2.05) is 54.6 Å². The van der Waals surface area contributed by atoms with Crippen LogP contribution in [0.3, 0.4) is 0 Å². The normalized spacial score (nSPS) is 11.2. The maximum absolute atomic E-state index is 11.8. The average Bonchev–Trinajstić information content (AvgIpc) is 2.77. The van der Waals surface area contributed by atoms with Crippen LogP contribution < -0.4 is 10.5 Å². The summed E-state index contributed by atoms with van der Waals surface area (Å²) >= 11 is 0. The fraction of sp³-hybridized carbons (Fsp3) is 0.200. The SMILES string of the molecule is NC(=O)C(OCCCCC(=O)O)c1ccc(Oc2ccccc2-c2ccccc2)cc1.[NaH]. The number of para-hydroxylation sites is 1. The van der Waals surface area contributed by atoms with E-state index in [0.29, 0.717) is 24.2 Å². The van der Waals surface area contributed by atoms with Crippen LogP contribution in [0.15, 0.2) is 78.9 Å². The number of carboxylic acid groups (broad SMARTS) is 1. The van der Waals surface area contributed by atoms with E-state index >= 15 is 0 Å². The predicted octanol–water partition coefficient (Wildman–Crippen LogP) is 4.30. The fourth-order valence-corrected chi connectivity index (χ4v) is 3.17. The molecule has 0 fully saturated rings. The van der Waals surface area contributed by atoms with Crippen LogP contribution in [0.5, 0.6) is 11.5 Å². The van der Waals surface area contributed by atoms with Gasteiger partial charge in [0, 0.05) is 18.6 Å². The maximum atomic E-state index is 11.8. The van der Waals surface area contributed by atoms with E-state index in [9.17, 15) is 9.59 Å². The van der Waals surface area contributed by atoms with E-state index < -0.39 is 18.0 Å². The number of hydrogen-bond donors (Lipinski definition) is 2. The summed E-state index contributed by atoms with van der Waals surface area (Å²) in [6.07, 6.45) is 0.193. The van der Waals surface area contributed by atoms with E-state index in [1.165, 1.54) is 0 Å². The molecule has 0 bridgehead atoms. The number of hydrogen-bond acceptors (Lipinski definition) is 4. The van der Waals surface area contributed by atoms with Crippen molar-refractivity contribution in [1.29, 1.82) is 0 Å². The molecular formula is C25H26NNaO5. The standard InChI is InChI=1S/C25H25NO5.Na.H/c26-25(29)24(30-17-7-6-12-23(27)28)19-13-15-20(16-14-19)31-22-11-5-4-10-21(22)18-8-2-1-3-9-18;;/h1-5,8-11,13-16,24H,6-7,12,17H2,(H2,26,29)(H,27,28);;. The monoisotopic (exact) mass is 443 g/mol. The van der Waals surface area contributed by atoms with Gasteiger partial charge in [-0.1, -0.05) is 60.7 Å². The van der Waals surface area contributed by atoms with Crippen LogP contribution in [-0.2, 0) is 14.3 Å². The van der Waals surface area contributed by atoms with E-state index in [0.717, 1.165) is 16.9 Å². The fourth-order valence-electron chi connectivity index (χ4n) is 3.17. The third-order valence-electron chi connectivity index (χ3n) is 4.71. The van der Waals surface area contributed by atoms with Gasteiger partial charge in [-0.05, 0) is 42.2 Å². The van der Waals surface area contributed by atoms with Gasteiger partial charge in [0.25, 0.3) is 5.91 Å². The Hall–Kier alpha value is -2.64. The summed E-state index contributed by atoms with van der Waals surface area (Å²) in [5, 5.41) is 8.68. The molecule has 0 aromatic heterocycles. The molecule has 0 saturated heterocycles. The first-order chi connectivity index (χ1) is 15.0. The van der Waals surface area contributed by atoms with Gasteiger partial charge in [-0.2, -0.15) is 0 Å². The molecule has 162 valence electrons. The molecule has 0 saturated carbocycles. The molecule has 3 aromatic rings. The Morgan fingerprint density at radius 2 is 1.53 bits per heavy atom. The van der Waals surface area contributed by atoms with Gasteiger partial charge in [0.1, 0.15) is 11.5 Å². The topological polar surface area (TPSA) is 98.9 Å². The Balaban J connectivity index is 0.00000363. The van der Waals surface area contributed by atoms with Crippen molar-refractivity contribution < 1.29 is 24.2 Å². The van der Waals surface area contributed by atoms with Crippen molar-refractivity contribution in [2.45, 2.75) is 25.4 Å². The van der Waals surface area contributed by atoms with Crippen molar-refractivity contribution in [3.63, 3.8) is 0 Å². The molecule has 0 aliphatic heterocycles. The van der Waals surface area contributed by atoms with Gasteiger partial charge in [-0.25, -0.2) is 0 Å². The Morgan fingerprint density at radius 3 is 2.19 bits per heavy atom. The molecule has 0 heterocycles. The second-order valence-corrected chi connectivity index (χ2v) is 7.04. The Morgan fingerprint density at radius 1 is 0.875 bits per heavy atom. The first-order valence-corrected chi connectivity index (χ1v) is 10.1. The number of aliphatic carboxylic acids is 1. The summed E-state index contributed by atoms with van der Waals surface area (Å²) in [5.41, 5.74) is 8.14. The van der Waals surface area contributed by atoms with Crippen LogP contribution in [0.1, 0.15) is 30.9 Å². The van der Waals surface area contributed by atoms with Gasteiger partial charge in [-0.15, -0.1) is 0 Å². The number of nitrogens with two attached hydrogens (primary N) is 1. The Bertz CT molecular complexity index is 1010. The van der Waals surface area contributed by atoms with Crippen LogP contribution in [-0.4, -0.2) is 53.1 Å². The molecule has 1 amide bonds. The molecule has 3 N–H and O–H groups in total. The summed E-state index contributed by atoms with van der Waals surface area (Å²) < 4.78 is 11.7. The van der Waals surface area contributed by atoms with Gasteiger partial charge in [0.2, 0.25) is 0 Å². The van der Waals surface area contributed by atoms with Gasteiger partial charge < -0.3 is 20.3 Å². The second kappa shape index (κ2) is 13.0. The molecule has 32 heavy (non-hydrogen) atoms. The van der Waals surface area contributed by atoms with Gasteiger partial charge in [0.05, 0.1) is 0 Å². The minimum absolute atomic E-state index is 0. The molecule has 3 aromatic carbocycles. The molecular weight excluding hydrogens is 417 g/mol. The Labute approximate surface area is 209 Å². The van der Waals surface area contributed by atoms with E-state index in [-0.39, 0.29) is 42.6 Å². The van der Waals surface area contributed by atoms with Crippen LogP contribution >= 0.6 is 0 Å². The number of primary amides is 1. The number of ether oxygens (including phenoxy) is 2. The van der Waals surface area contributed by atoms with Crippen LogP contribution in [0.2, 0.25) is 0 Å². The molecule has 1 atom stereocenters. The molecule has 3 rings (SSSR count). The Kier molecular flexibility index (Phi) is 10.4. The third-order valence-corrected chi connectivity index (χ3v) is 4.71.